The monoisotopic (exact) mass is 493 g/mol. The van der Waals surface area contributed by atoms with Gasteiger partial charge in [-0.05, 0) is 68.0 Å². The fraction of sp³-hybridized carbons (Fsp3) is 0.500. The lowest BCUT2D eigenvalue weighted by molar-refractivity contribution is 0.0383. The van der Waals surface area contributed by atoms with Crippen LogP contribution in [-0.2, 0) is 4.74 Å². The molecule has 2 aliphatic rings. The van der Waals surface area contributed by atoms with Crippen molar-refractivity contribution in [3.05, 3.63) is 53.1 Å². The van der Waals surface area contributed by atoms with Crippen LogP contribution in [-0.4, -0.2) is 69.3 Å². The summed E-state index contributed by atoms with van der Waals surface area (Å²) in [5, 5.41) is 8.92. The van der Waals surface area contributed by atoms with Gasteiger partial charge in [0.2, 0.25) is 0 Å². The number of hydrogen-bond acceptors (Lipinski definition) is 5. The Kier molecular flexibility index (Phi) is 8.83. The smallest absolute Gasteiger partial charge is 0.323 e. The summed E-state index contributed by atoms with van der Waals surface area (Å²) in [7, 11) is 0. The molecule has 0 atom stereocenters. The second-order valence-corrected chi connectivity index (χ2v) is 9.94. The molecule has 0 spiro atoms. The molecule has 8 nitrogen and oxygen atoms in total. The molecule has 0 radical (unpaired) electrons. The van der Waals surface area contributed by atoms with Crippen molar-refractivity contribution in [2.24, 2.45) is 5.92 Å². The van der Waals surface area contributed by atoms with Crippen LogP contribution >= 0.6 is 0 Å². The molecule has 3 N–H and O–H groups in total. The quantitative estimate of drug-likeness (QED) is 0.537. The Morgan fingerprint density at radius 3 is 2.50 bits per heavy atom. The molecule has 4 rings (SSSR count). The SMILES string of the molecule is Cc1cccc(NC(=O)Nc2ccc(N3CCC(C)CC3)c(C(=O)NCCN3CCOCC3)c2)c1C. The summed E-state index contributed by atoms with van der Waals surface area (Å²) in [5.74, 6) is 0.581. The maximum atomic E-state index is 13.3. The van der Waals surface area contributed by atoms with Crippen molar-refractivity contribution in [1.29, 1.82) is 0 Å². The van der Waals surface area contributed by atoms with E-state index in [9.17, 15) is 9.59 Å². The molecular weight excluding hydrogens is 454 g/mol. The minimum atomic E-state index is -0.332. The van der Waals surface area contributed by atoms with E-state index < -0.39 is 0 Å². The molecule has 2 fully saturated rings. The van der Waals surface area contributed by atoms with Crippen LogP contribution in [0, 0.1) is 19.8 Å². The molecule has 2 aliphatic heterocycles. The summed E-state index contributed by atoms with van der Waals surface area (Å²) in [6, 6.07) is 11.1. The molecule has 0 saturated carbocycles. The van der Waals surface area contributed by atoms with E-state index in [0.717, 1.165) is 81.3 Å². The van der Waals surface area contributed by atoms with Gasteiger partial charge in [0.1, 0.15) is 0 Å². The van der Waals surface area contributed by atoms with E-state index >= 15 is 0 Å². The summed E-state index contributed by atoms with van der Waals surface area (Å²) >= 11 is 0. The first-order valence-electron chi connectivity index (χ1n) is 13.0. The van der Waals surface area contributed by atoms with Crippen LogP contribution in [0.3, 0.4) is 0 Å². The largest absolute Gasteiger partial charge is 0.379 e. The number of nitrogens with one attached hydrogen (secondary N) is 3. The Hall–Kier alpha value is -3.10. The van der Waals surface area contributed by atoms with Gasteiger partial charge in [0.05, 0.1) is 18.8 Å². The van der Waals surface area contributed by atoms with E-state index in [1.165, 1.54) is 0 Å². The Morgan fingerprint density at radius 2 is 1.75 bits per heavy atom. The highest BCUT2D eigenvalue weighted by Gasteiger charge is 2.22. The van der Waals surface area contributed by atoms with Gasteiger partial charge in [-0.3, -0.25) is 9.69 Å². The number of ether oxygens (including phenoxy) is 1. The summed E-state index contributed by atoms with van der Waals surface area (Å²) < 4.78 is 5.41. The van der Waals surface area contributed by atoms with E-state index in [1.807, 2.05) is 44.2 Å². The molecule has 0 bridgehead atoms. The first kappa shape index (κ1) is 26.0. The zero-order valence-electron chi connectivity index (χ0n) is 21.7. The molecular formula is C28H39N5O3. The van der Waals surface area contributed by atoms with Gasteiger partial charge in [0.15, 0.2) is 0 Å². The van der Waals surface area contributed by atoms with Crippen LogP contribution in [0.5, 0.6) is 0 Å². The van der Waals surface area contributed by atoms with Gasteiger partial charge in [0, 0.05) is 56.3 Å². The third kappa shape index (κ3) is 6.77. The standard InChI is InChI=1S/C28H39N5O3/c1-20-9-12-33(13-10-20)26-8-7-23(30-28(35)31-25-6-4-5-21(2)22(25)3)19-24(26)27(34)29-11-14-32-15-17-36-18-16-32/h4-8,19-20H,9-18H2,1-3H3,(H,29,34)(H2,30,31,35). The van der Waals surface area contributed by atoms with Gasteiger partial charge in [-0.15, -0.1) is 0 Å². The molecule has 36 heavy (non-hydrogen) atoms. The van der Waals surface area contributed by atoms with Crippen LogP contribution in [0.4, 0.5) is 21.9 Å². The van der Waals surface area contributed by atoms with Crippen molar-refractivity contribution in [3.8, 4) is 0 Å². The third-order valence-corrected chi connectivity index (χ3v) is 7.29. The van der Waals surface area contributed by atoms with Crippen molar-refractivity contribution >= 4 is 29.0 Å². The van der Waals surface area contributed by atoms with E-state index in [1.54, 1.807) is 6.07 Å². The van der Waals surface area contributed by atoms with Crippen molar-refractivity contribution in [1.82, 2.24) is 10.2 Å². The number of morpholine rings is 1. The van der Waals surface area contributed by atoms with Crippen LogP contribution in [0.15, 0.2) is 36.4 Å². The molecule has 2 saturated heterocycles. The number of carbonyl (C=O) groups is 2. The first-order valence-corrected chi connectivity index (χ1v) is 13.0. The molecule has 2 heterocycles. The average Bonchev–Trinajstić information content (AvgIpc) is 2.88. The number of benzene rings is 2. The van der Waals surface area contributed by atoms with Crippen molar-refractivity contribution in [3.63, 3.8) is 0 Å². The van der Waals surface area contributed by atoms with Crippen molar-refractivity contribution in [2.75, 3.05) is 68.0 Å². The van der Waals surface area contributed by atoms with Gasteiger partial charge in [-0.1, -0.05) is 19.1 Å². The average molecular weight is 494 g/mol. The maximum absolute atomic E-state index is 13.3. The number of anilines is 3. The highest BCUT2D eigenvalue weighted by molar-refractivity contribution is 6.04. The third-order valence-electron chi connectivity index (χ3n) is 7.29. The number of amides is 3. The van der Waals surface area contributed by atoms with Crippen LogP contribution in [0.1, 0.15) is 41.3 Å². The van der Waals surface area contributed by atoms with Crippen molar-refractivity contribution < 1.29 is 14.3 Å². The van der Waals surface area contributed by atoms with Gasteiger partial charge in [0.25, 0.3) is 5.91 Å². The zero-order chi connectivity index (χ0) is 25.5. The Labute approximate surface area is 214 Å². The van der Waals surface area contributed by atoms with Gasteiger partial charge >= 0.3 is 6.03 Å². The van der Waals surface area contributed by atoms with Crippen LogP contribution in [0.25, 0.3) is 0 Å². The fourth-order valence-electron chi connectivity index (χ4n) is 4.74. The lowest BCUT2D eigenvalue weighted by atomic mass is 9.98. The predicted molar refractivity (Wildman–Crippen MR) is 145 cm³/mol. The lowest BCUT2D eigenvalue weighted by Crippen LogP contribution is -2.41. The zero-order valence-corrected chi connectivity index (χ0v) is 21.7. The normalized spacial score (nSPS) is 17.0. The molecule has 0 aliphatic carbocycles. The van der Waals surface area contributed by atoms with Gasteiger partial charge in [-0.25, -0.2) is 4.79 Å². The second-order valence-electron chi connectivity index (χ2n) is 9.94. The molecule has 2 aromatic carbocycles. The van der Waals surface area contributed by atoms with E-state index in [2.05, 4.69) is 32.7 Å². The highest BCUT2D eigenvalue weighted by atomic mass is 16.5. The summed E-state index contributed by atoms with van der Waals surface area (Å²) in [6.45, 7) is 12.8. The summed E-state index contributed by atoms with van der Waals surface area (Å²) in [6.07, 6.45) is 2.21. The minimum absolute atomic E-state index is 0.115. The predicted octanol–water partition coefficient (Wildman–Crippen LogP) is 4.25. The van der Waals surface area contributed by atoms with Crippen molar-refractivity contribution in [2.45, 2.75) is 33.6 Å². The number of carbonyl (C=O) groups excluding carboxylic acids is 2. The first-order chi connectivity index (χ1) is 17.4. The number of rotatable bonds is 7. The Morgan fingerprint density at radius 1 is 1.00 bits per heavy atom. The topological polar surface area (TPSA) is 85.9 Å². The van der Waals surface area contributed by atoms with E-state index in [0.29, 0.717) is 23.7 Å². The number of piperidine rings is 1. The maximum Gasteiger partial charge on any atom is 0.323 e. The molecule has 3 amide bonds. The molecule has 0 aromatic heterocycles. The molecule has 0 unspecified atom stereocenters. The number of hydrogen-bond donors (Lipinski definition) is 3. The molecule has 2 aromatic rings. The lowest BCUT2D eigenvalue weighted by Gasteiger charge is -2.33. The van der Waals surface area contributed by atoms with E-state index in [-0.39, 0.29) is 11.9 Å². The minimum Gasteiger partial charge on any atom is -0.379 e. The van der Waals surface area contributed by atoms with Crippen LogP contribution in [0.2, 0.25) is 0 Å². The summed E-state index contributed by atoms with van der Waals surface area (Å²) in [5.41, 5.74) is 5.02. The van der Waals surface area contributed by atoms with E-state index in [4.69, 9.17) is 4.74 Å². The fourth-order valence-corrected chi connectivity index (χ4v) is 4.74. The van der Waals surface area contributed by atoms with Crippen LogP contribution < -0.4 is 20.9 Å². The van der Waals surface area contributed by atoms with Gasteiger partial charge in [-0.2, -0.15) is 0 Å². The highest BCUT2D eigenvalue weighted by Crippen LogP contribution is 2.29. The Bertz CT molecular complexity index is 1060. The second kappa shape index (κ2) is 12.2. The number of nitrogens with zero attached hydrogens (tertiary/aromatic N) is 2. The van der Waals surface area contributed by atoms with Gasteiger partial charge < -0.3 is 25.6 Å². The number of urea groups is 1. The Balaban J connectivity index is 1.46. The molecule has 8 heteroatoms. The molecule has 194 valence electrons. The summed E-state index contributed by atoms with van der Waals surface area (Å²) in [4.78, 5) is 30.6. The number of aryl methyl sites for hydroxylation is 1.